The van der Waals surface area contributed by atoms with Crippen molar-refractivity contribution in [1.29, 1.82) is 0 Å². The molecule has 0 aromatic rings. The summed E-state index contributed by atoms with van der Waals surface area (Å²) in [5.74, 6) is -1.31. The summed E-state index contributed by atoms with van der Waals surface area (Å²) in [6, 6.07) is 0. The van der Waals surface area contributed by atoms with Gasteiger partial charge in [0.1, 0.15) is 17.5 Å². The van der Waals surface area contributed by atoms with Gasteiger partial charge < -0.3 is 19.3 Å². The number of hydrogen-bond acceptors (Lipinski definition) is 6. The molecule has 3 fully saturated rings. The molecule has 4 rings (SSSR count). The Morgan fingerprint density at radius 3 is 2.08 bits per heavy atom. The lowest BCUT2D eigenvalue weighted by molar-refractivity contribution is -0.386. The monoisotopic (exact) mass is 546 g/mol. The summed E-state index contributed by atoms with van der Waals surface area (Å²) in [5, 5.41) is 13.0. The summed E-state index contributed by atoms with van der Waals surface area (Å²) in [6.45, 7) is 27.4. The lowest BCUT2D eigenvalue weighted by atomic mass is 9.33. The number of aliphatic hydroxyl groups is 1. The first-order chi connectivity index (χ1) is 17.6. The van der Waals surface area contributed by atoms with Crippen molar-refractivity contribution in [3.63, 3.8) is 0 Å². The first-order valence-electron chi connectivity index (χ1n) is 15.0. The predicted molar refractivity (Wildman–Crippen MR) is 152 cm³/mol. The molecule has 1 N–H and O–H groups in total. The van der Waals surface area contributed by atoms with Crippen molar-refractivity contribution in [3.8, 4) is 0 Å². The van der Waals surface area contributed by atoms with Crippen LogP contribution in [0, 0.1) is 51.2 Å². The van der Waals surface area contributed by atoms with Crippen molar-refractivity contribution in [2.24, 2.45) is 51.2 Å². The van der Waals surface area contributed by atoms with E-state index in [0.717, 1.165) is 11.1 Å². The Morgan fingerprint density at radius 2 is 1.62 bits per heavy atom. The highest BCUT2D eigenvalue weighted by Gasteiger charge is 2.80. The van der Waals surface area contributed by atoms with E-state index in [-0.39, 0.29) is 53.4 Å². The second-order valence-electron chi connectivity index (χ2n) is 15.6. The van der Waals surface area contributed by atoms with Gasteiger partial charge in [0.25, 0.3) is 0 Å². The molecule has 222 valence electrons. The van der Waals surface area contributed by atoms with Gasteiger partial charge in [-0.15, -0.1) is 0 Å². The lowest BCUT2D eigenvalue weighted by Gasteiger charge is -2.75. The number of esters is 1. The largest absolute Gasteiger partial charge is 0.458 e. The van der Waals surface area contributed by atoms with Gasteiger partial charge in [-0.1, -0.05) is 83.1 Å². The highest BCUT2D eigenvalue weighted by molar-refractivity contribution is 5.91. The van der Waals surface area contributed by atoms with Gasteiger partial charge in [-0.3, -0.25) is 9.59 Å². The van der Waals surface area contributed by atoms with Crippen LogP contribution in [0.5, 0.6) is 0 Å². The zero-order valence-electron chi connectivity index (χ0n) is 26.9. The molecule has 6 heteroatoms. The van der Waals surface area contributed by atoms with Crippen molar-refractivity contribution in [2.45, 2.75) is 120 Å². The van der Waals surface area contributed by atoms with Crippen molar-refractivity contribution < 1.29 is 28.9 Å². The van der Waals surface area contributed by atoms with Gasteiger partial charge in [-0.05, 0) is 40.7 Å². The van der Waals surface area contributed by atoms with E-state index >= 15 is 4.79 Å². The first-order valence-corrected chi connectivity index (χ1v) is 15.0. The van der Waals surface area contributed by atoms with Crippen LogP contribution in [0.15, 0.2) is 11.1 Å². The molecule has 1 heterocycles. The summed E-state index contributed by atoms with van der Waals surface area (Å²) in [6.07, 6.45) is -0.509. The van der Waals surface area contributed by atoms with Crippen LogP contribution in [0.1, 0.15) is 96.4 Å². The molecule has 6 nitrogen and oxygen atoms in total. The number of Topliss-reactive ketones (excluding diaryl/α,β-unsaturated/α-hetero) is 1. The number of ketones is 1. The maximum atomic E-state index is 15.1. The topological polar surface area (TPSA) is 82.1 Å². The smallest absolute Gasteiger partial charge is 0.309 e. The van der Waals surface area contributed by atoms with E-state index in [1.807, 2.05) is 34.6 Å². The molecule has 0 aromatic carbocycles. The third-order valence-electron chi connectivity index (χ3n) is 13.4. The third-order valence-corrected chi connectivity index (χ3v) is 13.4. The van der Waals surface area contributed by atoms with Gasteiger partial charge in [0.2, 0.25) is 0 Å². The standard InChI is InChI=1S/C33H54O6/c1-17(2)18(3)26(35)39-22-15-33(36)21(6)24-31(13,25(34)20(5)23(19(22)4)28(33,7)8)30(11,12)29(9,10)27-32(24,37-14)16-38-27/h17-18,20-22,24,27,36H,15-16H2,1-14H3/t18-,20-,21+,22?,24?,27?,31-,32-,33?/m1/s1. The van der Waals surface area contributed by atoms with Crippen LogP contribution in [0.4, 0.5) is 0 Å². The molecule has 0 amide bonds. The van der Waals surface area contributed by atoms with E-state index in [1.54, 1.807) is 7.11 Å². The van der Waals surface area contributed by atoms with Gasteiger partial charge in [0, 0.05) is 36.2 Å². The number of ether oxygens (including phenoxy) is 3. The van der Waals surface area contributed by atoms with Crippen molar-refractivity contribution in [2.75, 3.05) is 13.7 Å². The van der Waals surface area contributed by atoms with Crippen LogP contribution in [0.3, 0.4) is 0 Å². The molecule has 2 saturated carbocycles. The SMILES string of the molecule is CO[C@@]12COC1C(C)(C)C(C)(C)[C@@]1(C)C(=O)[C@H](C)C3=C(C)C(OC(=O)[C@H](C)C(C)C)CC(O)([C@@H](C)C21)C3(C)C. The van der Waals surface area contributed by atoms with Crippen molar-refractivity contribution in [3.05, 3.63) is 11.1 Å². The van der Waals surface area contributed by atoms with Crippen LogP contribution in [-0.4, -0.2) is 54.0 Å². The maximum Gasteiger partial charge on any atom is 0.309 e. The molecule has 0 radical (unpaired) electrons. The second-order valence-corrected chi connectivity index (χ2v) is 15.6. The van der Waals surface area contributed by atoms with Gasteiger partial charge in [-0.2, -0.15) is 0 Å². The highest BCUT2D eigenvalue weighted by atomic mass is 16.6. The van der Waals surface area contributed by atoms with Crippen LogP contribution in [-0.2, 0) is 23.8 Å². The Labute approximate surface area is 236 Å². The van der Waals surface area contributed by atoms with E-state index in [0.29, 0.717) is 6.61 Å². The molecule has 4 unspecified atom stereocenters. The summed E-state index contributed by atoms with van der Waals surface area (Å²) in [7, 11) is 1.73. The van der Waals surface area contributed by atoms with Crippen molar-refractivity contribution >= 4 is 11.8 Å². The Hall–Kier alpha value is -1.24. The summed E-state index contributed by atoms with van der Waals surface area (Å²) >= 11 is 0. The molecule has 9 atom stereocenters. The normalized spacial score (nSPS) is 44.9. The quantitative estimate of drug-likeness (QED) is 0.344. The minimum absolute atomic E-state index is 0.143. The Kier molecular flexibility index (Phi) is 6.99. The number of carbonyl (C=O) groups is 2. The van der Waals surface area contributed by atoms with Crippen LogP contribution in [0.2, 0.25) is 0 Å². The highest BCUT2D eigenvalue weighted by Crippen LogP contribution is 2.74. The van der Waals surface area contributed by atoms with E-state index in [1.165, 1.54) is 0 Å². The maximum absolute atomic E-state index is 15.1. The fourth-order valence-corrected chi connectivity index (χ4v) is 9.69. The van der Waals surface area contributed by atoms with Crippen LogP contribution in [0.25, 0.3) is 0 Å². The van der Waals surface area contributed by atoms with Crippen LogP contribution < -0.4 is 0 Å². The molecule has 1 aliphatic heterocycles. The zero-order chi connectivity index (χ0) is 29.9. The van der Waals surface area contributed by atoms with E-state index in [2.05, 4.69) is 55.4 Å². The minimum atomic E-state index is -1.25. The van der Waals surface area contributed by atoms with E-state index in [4.69, 9.17) is 14.2 Å². The summed E-state index contributed by atoms with van der Waals surface area (Å²) in [5.41, 5.74) is -2.49. The van der Waals surface area contributed by atoms with Crippen molar-refractivity contribution in [1.82, 2.24) is 0 Å². The van der Waals surface area contributed by atoms with Gasteiger partial charge in [-0.25, -0.2) is 0 Å². The van der Waals surface area contributed by atoms with Crippen LogP contribution >= 0.6 is 0 Å². The molecule has 4 aliphatic rings. The summed E-state index contributed by atoms with van der Waals surface area (Å²) < 4.78 is 18.9. The number of methoxy groups -OCH3 is 1. The number of hydrogen-bond donors (Lipinski definition) is 1. The molecule has 2 bridgehead atoms. The fraction of sp³-hybridized carbons (Fsp3) is 0.879. The van der Waals surface area contributed by atoms with E-state index < -0.39 is 39.5 Å². The minimum Gasteiger partial charge on any atom is -0.458 e. The molecular weight excluding hydrogens is 492 g/mol. The molecule has 0 aromatic heterocycles. The summed E-state index contributed by atoms with van der Waals surface area (Å²) in [4.78, 5) is 28.3. The Morgan fingerprint density at radius 1 is 1.05 bits per heavy atom. The van der Waals surface area contributed by atoms with Gasteiger partial charge in [0.15, 0.2) is 0 Å². The molecule has 3 aliphatic carbocycles. The number of carbonyl (C=O) groups excluding carboxylic acids is 2. The number of rotatable bonds is 4. The van der Waals surface area contributed by atoms with Gasteiger partial charge in [0.05, 0.1) is 24.2 Å². The first kappa shape index (κ1) is 30.7. The second kappa shape index (κ2) is 8.88. The molecule has 1 saturated heterocycles. The Balaban J connectivity index is 1.99. The molecule has 39 heavy (non-hydrogen) atoms. The Bertz CT molecular complexity index is 1080. The fourth-order valence-electron chi connectivity index (χ4n) is 9.69. The molecule has 0 spiro atoms. The zero-order valence-corrected chi connectivity index (χ0v) is 26.9. The predicted octanol–water partition coefficient (Wildman–Crippen LogP) is 6.00. The average Bonchev–Trinajstić information content (AvgIpc) is 2.81. The van der Waals surface area contributed by atoms with Gasteiger partial charge >= 0.3 is 5.97 Å². The third kappa shape index (κ3) is 3.43. The lowest BCUT2D eigenvalue weighted by Crippen LogP contribution is -2.83. The number of fused-ring (bicyclic) bond motifs is 5. The molecular formula is C33H54O6. The average molecular weight is 547 g/mol. The van der Waals surface area contributed by atoms with E-state index in [9.17, 15) is 9.90 Å².